The molecule has 0 saturated heterocycles. The quantitative estimate of drug-likeness (QED) is 0.536. The van der Waals surface area contributed by atoms with E-state index in [9.17, 15) is 18.4 Å². The average Bonchev–Trinajstić information content (AvgIpc) is 3.53. The lowest BCUT2D eigenvalue weighted by Gasteiger charge is -2.34. The van der Waals surface area contributed by atoms with Gasteiger partial charge in [0, 0.05) is 41.2 Å². The van der Waals surface area contributed by atoms with E-state index in [-0.39, 0.29) is 28.0 Å². The number of thioether (sulfide) groups is 1. The van der Waals surface area contributed by atoms with Crippen LogP contribution in [0, 0.1) is 11.7 Å². The Kier molecular flexibility index (Phi) is 6.15. The molecule has 2 aliphatic rings. The highest BCUT2D eigenvalue weighted by Gasteiger charge is 2.67. The minimum absolute atomic E-state index is 0.0182. The lowest BCUT2D eigenvalue weighted by Crippen LogP contribution is -2.39. The van der Waals surface area contributed by atoms with Crippen molar-refractivity contribution in [3.05, 3.63) is 70.8 Å². The van der Waals surface area contributed by atoms with Gasteiger partial charge in [-0.1, -0.05) is 29.4 Å². The lowest BCUT2D eigenvalue weighted by atomic mass is 9.84. The molecular weight excluding hydrogens is 472 g/mol. The molecule has 172 valence electrons. The van der Waals surface area contributed by atoms with Crippen molar-refractivity contribution < 1.29 is 18.4 Å². The predicted octanol–water partition coefficient (Wildman–Crippen LogP) is 3.41. The maximum atomic E-state index is 15.0. The molecule has 7 nitrogen and oxygen atoms in total. The van der Waals surface area contributed by atoms with Gasteiger partial charge in [-0.25, -0.2) is 18.8 Å². The number of carbonyl (C=O) groups excluding carboxylic acids is 2. The van der Waals surface area contributed by atoms with Crippen molar-refractivity contribution in [3.63, 3.8) is 0 Å². The van der Waals surface area contributed by atoms with Gasteiger partial charge in [0.15, 0.2) is 5.17 Å². The number of halogens is 3. The van der Waals surface area contributed by atoms with Crippen molar-refractivity contribution in [1.29, 1.82) is 0 Å². The number of likely N-dealkylation sites (N-methyl/N-ethyl adjacent to an activating group) is 1. The molecule has 0 spiro atoms. The van der Waals surface area contributed by atoms with Gasteiger partial charge in [0.2, 0.25) is 5.91 Å². The molecule has 1 aliphatic heterocycles. The first-order valence-corrected chi connectivity index (χ1v) is 11.2. The Morgan fingerprint density at radius 3 is 2.82 bits per heavy atom. The van der Waals surface area contributed by atoms with Gasteiger partial charge in [-0.15, -0.1) is 0 Å². The first kappa shape index (κ1) is 23.2. The lowest BCUT2D eigenvalue weighted by molar-refractivity contribution is -0.116. The summed E-state index contributed by atoms with van der Waals surface area (Å²) in [7, 11) is 1.50. The summed E-state index contributed by atoms with van der Waals surface area (Å²) in [5.41, 5.74) is 4.79. The van der Waals surface area contributed by atoms with Crippen LogP contribution in [0.15, 0.2) is 53.7 Å². The minimum atomic E-state index is -1.58. The Bertz CT molecular complexity index is 1180. The number of pyridine rings is 1. The minimum Gasteiger partial charge on any atom is -0.378 e. The summed E-state index contributed by atoms with van der Waals surface area (Å²) in [6, 6.07) is 6.85. The summed E-state index contributed by atoms with van der Waals surface area (Å²) >= 11 is 7.03. The molecule has 4 N–H and O–H groups in total. The number of nitrogens with two attached hydrogens (primary N) is 1. The largest absolute Gasteiger partial charge is 0.378 e. The van der Waals surface area contributed by atoms with Crippen molar-refractivity contribution in [3.8, 4) is 0 Å². The number of hydrogen-bond acceptors (Lipinski definition) is 6. The normalized spacial score (nSPS) is 25.8. The molecule has 3 atom stereocenters. The molecule has 0 bridgehead atoms. The Labute approximate surface area is 197 Å². The number of rotatable bonds is 6. The molecule has 11 heteroatoms. The second kappa shape index (κ2) is 8.75. The van der Waals surface area contributed by atoms with E-state index in [1.54, 1.807) is 6.08 Å². The summed E-state index contributed by atoms with van der Waals surface area (Å²) in [6.07, 6.45) is 4.83. The number of nitrogens with zero attached hydrogens (tertiary/aromatic N) is 2. The zero-order chi connectivity index (χ0) is 23.8. The standard InChI is InChI=1S/C22H20ClF2N5O2S/c1-27-18(31)6-7-21-9-17(21)22(11-24,30-20(26)33-21)14-8-13(3-4-15(14)25)29-19(32)16-5-2-12(23)10-28-16/h2-8,10,17H,9,11H2,1H3,(H2,26,30)(H,27,31)(H,29,32)/b7-6+/t17?,21-,22+/m0/s1. The van der Waals surface area contributed by atoms with E-state index < -0.39 is 34.6 Å². The number of carbonyl (C=O) groups is 2. The number of aromatic nitrogens is 1. The van der Waals surface area contributed by atoms with Crippen LogP contribution in [0.3, 0.4) is 0 Å². The van der Waals surface area contributed by atoms with E-state index in [1.165, 1.54) is 55.3 Å². The Balaban J connectivity index is 1.67. The van der Waals surface area contributed by atoms with Gasteiger partial charge < -0.3 is 16.4 Å². The van der Waals surface area contributed by atoms with Gasteiger partial charge >= 0.3 is 0 Å². The fourth-order valence-corrected chi connectivity index (χ4v) is 5.47. The van der Waals surface area contributed by atoms with Gasteiger partial charge in [0.25, 0.3) is 5.91 Å². The van der Waals surface area contributed by atoms with E-state index in [2.05, 4.69) is 20.6 Å². The number of benzene rings is 1. The van der Waals surface area contributed by atoms with Gasteiger partial charge in [-0.3, -0.25) is 9.59 Å². The number of amides is 2. The number of aliphatic imine (C=N–C) groups is 1. The molecule has 1 unspecified atom stereocenters. The van der Waals surface area contributed by atoms with Crippen molar-refractivity contribution >= 4 is 46.0 Å². The van der Waals surface area contributed by atoms with Crippen LogP contribution in [-0.2, 0) is 10.3 Å². The molecular formula is C22H20ClF2N5O2S. The Hall–Kier alpha value is -2.98. The van der Waals surface area contributed by atoms with Crippen molar-refractivity contribution in [2.24, 2.45) is 16.6 Å². The highest BCUT2D eigenvalue weighted by Crippen LogP contribution is 2.66. The third-order valence-electron chi connectivity index (χ3n) is 5.75. The molecule has 1 saturated carbocycles. The topological polar surface area (TPSA) is 109 Å². The second-order valence-electron chi connectivity index (χ2n) is 7.78. The Morgan fingerprint density at radius 1 is 1.36 bits per heavy atom. The van der Waals surface area contributed by atoms with Crippen LogP contribution in [0.1, 0.15) is 22.5 Å². The number of hydrogen-bond donors (Lipinski definition) is 3. The number of fused-ring (bicyclic) bond motifs is 1. The third kappa shape index (κ3) is 4.32. The number of amidine groups is 1. The molecule has 1 aromatic heterocycles. The number of alkyl halides is 1. The molecule has 2 heterocycles. The van der Waals surface area contributed by atoms with Crippen molar-refractivity contribution in [2.45, 2.75) is 16.7 Å². The zero-order valence-electron chi connectivity index (χ0n) is 17.4. The Morgan fingerprint density at radius 2 is 2.15 bits per heavy atom. The number of anilines is 1. The predicted molar refractivity (Wildman–Crippen MR) is 125 cm³/mol. The van der Waals surface area contributed by atoms with Crippen LogP contribution in [0.25, 0.3) is 0 Å². The zero-order valence-corrected chi connectivity index (χ0v) is 19.0. The van der Waals surface area contributed by atoms with Crippen LogP contribution in [0.4, 0.5) is 14.5 Å². The molecule has 1 aliphatic carbocycles. The van der Waals surface area contributed by atoms with Crippen LogP contribution in [0.5, 0.6) is 0 Å². The van der Waals surface area contributed by atoms with Crippen molar-refractivity contribution in [2.75, 3.05) is 19.0 Å². The maximum Gasteiger partial charge on any atom is 0.274 e. The summed E-state index contributed by atoms with van der Waals surface area (Å²) < 4.78 is 29.0. The van der Waals surface area contributed by atoms with E-state index >= 15 is 0 Å². The van der Waals surface area contributed by atoms with Gasteiger partial charge in [-0.2, -0.15) is 0 Å². The molecule has 33 heavy (non-hydrogen) atoms. The molecule has 2 aromatic rings. The average molecular weight is 492 g/mol. The monoisotopic (exact) mass is 491 g/mol. The fraction of sp³-hybridized carbons (Fsp3) is 0.273. The molecule has 4 rings (SSSR count). The van der Waals surface area contributed by atoms with Crippen LogP contribution in [-0.4, -0.2) is 40.4 Å². The van der Waals surface area contributed by atoms with E-state index in [1.807, 2.05) is 0 Å². The maximum absolute atomic E-state index is 15.0. The first-order valence-electron chi connectivity index (χ1n) is 9.97. The second-order valence-corrected chi connectivity index (χ2v) is 9.60. The smallest absolute Gasteiger partial charge is 0.274 e. The van der Waals surface area contributed by atoms with Crippen LogP contribution in [0.2, 0.25) is 5.02 Å². The summed E-state index contributed by atoms with van der Waals surface area (Å²) in [4.78, 5) is 32.5. The van der Waals surface area contributed by atoms with Crippen LogP contribution >= 0.6 is 23.4 Å². The highest BCUT2D eigenvalue weighted by atomic mass is 35.5. The first-order chi connectivity index (χ1) is 15.7. The molecule has 1 aromatic carbocycles. The van der Waals surface area contributed by atoms with Gasteiger partial charge in [-0.05, 0) is 36.8 Å². The highest BCUT2D eigenvalue weighted by molar-refractivity contribution is 8.15. The fourth-order valence-electron chi connectivity index (χ4n) is 4.04. The SMILES string of the molecule is CNC(=O)/C=C/[C@]12CC1[C@@](CF)(c1cc(NC(=O)c3ccc(Cl)cn3)ccc1F)N=C(N)S2. The van der Waals surface area contributed by atoms with Crippen LogP contribution < -0.4 is 16.4 Å². The molecule has 2 amide bonds. The van der Waals surface area contributed by atoms with Crippen molar-refractivity contribution in [1.82, 2.24) is 10.3 Å². The summed E-state index contributed by atoms with van der Waals surface area (Å²) in [6.45, 7) is -0.998. The van der Waals surface area contributed by atoms with E-state index in [0.29, 0.717) is 11.4 Å². The molecule has 0 radical (unpaired) electrons. The van der Waals surface area contributed by atoms with Gasteiger partial charge in [0.05, 0.1) is 5.02 Å². The number of nitrogens with one attached hydrogen (secondary N) is 2. The van der Waals surface area contributed by atoms with E-state index in [0.717, 1.165) is 6.07 Å². The summed E-state index contributed by atoms with van der Waals surface area (Å²) in [5.74, 6) is -1.94. The van der Waals surface area contributed by atoms with E-state index in [4.69, 9.17) is 17.3 Å². The van der Waals surface area contributed by atoms with Gasteiger partial charge in [0.1, 0.15) is 23.7 Å². The molecule has 1 fully saturated rings. The summed E-state index contributed by atoms with van der Waals surface area (Å²) in [5, 5.41) is 5.60. The third-order valence-corrected chi connectivity index (χ3v) is 7.24.